The van der Waals surface area contributed by atoms with Crippen LogP contribution < -0.4 is 5.32 Å². The van der Waals surface area contributed by atoms with E-state index < -0.39 is 11.6 Å². The molecule has 27 heavy (non-hydrogen) atoms. The largest absolute Gasteiger partial charge is 0.332 e. The molecule has 8 heteroatoms. The predicted molar refractivity (Wildman–Crippen MR) is 102 cm³/mol. The van der Waals surface area contributed by atoms with Gasteiger partial charge in [0.15, 0.2) is 0 Å². The Balaban J connectivity index is 1.53. The van der Waals surface area contributed by atoms with E-state index in [0.717, 1.165) is 33.0 Å². The molecule has 0 unspecified atom stereocenters. The van der Waals surface area contributed by atoms with Gasteiger partial charge in [0.05, 0.1) is 16.3 Å². The molecule has 2 aromatic rings. The van der Waals surface area contributed by atoms with Gasteiger partial charge in [0.1, 0.15) is 17.1 Å². The number of carbonyl (C=O) groups is 3. The van der Waals surface area contributed by atoms with Crippen molar-refractivity contribution in [3.63, 3.8) is 0 Å². The highest BCUT2D eigenvalue weighted by atomic mass is 32.1. The summed E-state index contributed by atoms with van der Waals surface area (Å²) >= 11 is 1.60. The molecule has 3 heterocycles. The van der Waals surface area contributed by atoms with E-state index in [4.69, 9.17) is 4.98 Å². The lowest BCUT2D eigenvalue weighted by Crippen LogP contribution is -2.45. The van der Waals surface area contributed by atoms with Crippen LogP contribution >= 0.6 is 11.3 Å². The van der Waals surface area contributed by atoms with Crippen molar-refractivity contribution in [2.24, 2.45) is 0 Å². The number of benzene rings is 1. The van der Waals surface area contributed by atoms with Crippen LogP contribution in [-0.4, -0.2) is 51.3 Å². The molecule has 142 valence electrons. The van der Waals surface area contributed by atoms with Crippen molar-refractivity contribution in [1.29, 1.82) is 0 Å². The molecule has 4 amide bonds. The van der Waals surface area contributed by atoms with Gasteiger partial charge < -0.3 is 10.2 Å². The van der Waals surface area contributed by atoms with Gasteiger partial charge in [-0.05, 0) is 38.3 Å². The summed E-state index contributed by atoms with van der Waals surface area (Å²) in [5.74, 6) is -0.542. The minimum Gasteiger partial charge on any atom is -0.332 e. The van der Waals surface area contributed by atoms with Gasteiger partial charge in [-0.2, -0.15) is 0 Å². The van der Waals surface area contributed by atoms with Crippen LogP contribution in [0.4, 0.5) is 4.79 Å². The van der Waals surface area contributed by atoms with Crippen molar-refractivity contribution < 1.29 is 14.4 Å². The lowest BCUT2D eigenvalue weighted by atomic mass is 9.99. The van der Waals surface area contributed by atoms with Gasteiger partial charge in [-0.25, -0.2) is 9.78 Å². The predicted octanol–water partition coefficient (Wildman–Crippen LogP) is 2.68. The van der Waals surface area contributed by atoms with E-state index in [-0.39, 0.29) is 24.4 Å². The van der Waals surface area contributed by atoms with Crippen molar-refractivity contribution >= 4 is 39.4 Å². The van der Waals surface area contributed by atoms with Crippen LogP contribution in [0.25, 0.3) is 10.2 Å². The van der Waals surface area contributed by atoms with E-state index in [0.29, 0.717) is 13.0 Å². The van der Waals surface area contributed by atoms with Crippen molar-refractivity contribution in [2.45, 2.75) is 44.7 Å². The van der Waals surface area contributed by atoms with E-state index in [1.54, 1.807) is 23.2 Å². The fraction of sp³-hybridized carbons (Fsp3) is 0.474. The van der Waals surface area contributed by atoms with E-state index >= 15 is 0 Å². The molecule has 1 aromatic heterocycles. The zero-order chi connectivity index (χ0) is 19.2. The Morgan fingerprint density at radius 3 is 2.85 bits per heavy atom. The van der Waals surface area contributed by atoms with Gasteiger partial charge in [0.25, 0.3) is 5.91 Å². The summed E-state index contributed by atoms with van der Waals surface area (Å²) in [5.41, 5.74) is 0.0130. The lowest BCUT2D eigenvalue weighted by molar-refractivity contribution is -0.139. The second kappa shape index (κ2) is 6.60. The monoisotopic (exact) mass is 386 g/mol. The number of fused-ring (bicyclic) bond motifs is 1. The molecule has 1 aromatic carbocycles. The number of rotatable bonds is 4. The van der Waals surface area contributed by atoms with Gasteiger partial charge in [-0.3, -0.25) is 14.5 Å². The molecule has 2 aliphatic heterocycles. The number of nitrogens with zero attached hydrogens (tertiary/aromatic N) is 3. The van der Waals surface area contributed by atoms with Gasteiger partial charge >= 0.3 is 6.03 Å². The topological polar surface area (TPSA) is 82.6 Å². The number of nitrogens with one attached hydrogen (secondary N) is 1. The van der Waals surface area contributed by atoms with Crippen LogP contribution in [0.15, 0.2) is 24.3 Å². The van der Waals surface area contributed by atoms with E-state index in [1.165, 1.54) is 0 Å². The Bertz CT molecular complexity index is 894. The Labute approximate surface area is 161 Å². The molecule has 7 nitrogen and oxygen atoms in total. The number of amides is 4. The van der Waals surface area contributed by atoms with Crippen molar-refractivity contribution in [2.75, 3.05) is 13.1 Å². The molecule has 0 aliphatic carbocycles. The number of aromatic nitrogens is 1. The third kappa shape index (κ3) is 2.97. The van der Waals surface area contributed by atoms with E-state index in [1.807, 2.05) is 31.2 Å². The summed E-state index contributed by atoms with van der Waals surface area (Å²) in [7, 11) is 0. The lowest BCUT2D eigenvalue weighted by Gasteiger charge is -2.25. The maximum atomic E-state index is 12.9. The van der Waals surface area contributed by atoms with Crippen LogP contribution in [0.2, 0.25) is 0 Å². The maximum absolute atomic E-state index is 12.9. The number of hydrogen-bond donors (Lipinski definition) is 1. The molecule has 0 bridgehead atoms. The molecule has 2 fully saturated rings. The van der Waals surface area contributed by atoms with Crippen molar-refractivity contribution in [3.8, 4) is 0 Å². The van der Waals surface area contributed by atoms with Gasteiger partial charge in [0, 0.05) is 6.54 Å². The SMILES string of the molecule is CC[C@]1(C)NC(=O)N(CC(=O)N2CCC[C@H]2c2nc3ccccc3s2)C1=O. The summed E-state index contributed by atoms with van der Waals surface area (Å²) in [4.78, 5) is 45.2. The zero-order valence-corrected chi connectivity index (χ0v) is 16.2. The van der Waals surface area contributed by atoms with Crippen LogP contribution in [0, 0.1) is 0 Å². The Hall–Kier alpha value is -2.48. The summed E-state index contributed by atoms with van der Waals surface area (Å²) < 4.78 is 1.10. The molecule has 2 saturated heterocycles. The first-order valence-corrected chi connectivity index (χ1v) is 10.0. The molecule has 0 radical (unpaired) electrons. The standard InChI is InChI=1S/C19H22N4O3S/c1-3-19(2)17(25)23(18(26)21-19)11-15(24)22-10-6-8-13(22)16-20-12-7-4-5-9-14(12)27-16/h4-5,7,9,13H,3,6,8,10-11H2,1-2H3,(H,21,26)/t13-,19-/m0/s1. The average Bonchev–Trinajstić information content (AvgIpc) is 3.35. The third-order valence-electron chi connectivity index (χ3n) is 5.51. The van der Waals surface area contributed by atoms with Crippen LogP contribution in [0.3, 0.4) is 0 Å². The summed E-state index contributed by atoms with van der Waals surface area (Å²) in [6.07, 6.45) is 2.22. The molecular formula is C19H22N4O3S. The maximum Gasteiger partial charge on any atom is 0.325 e. The second-order valence-electron chi connectivity index (χ2n) is 7.27. The van der Waals surface area contributed by atoms with Crippen LogP contribution in [0.1, 0.15) is 44.2 Å². The van der Waals surface area contributed by atoms with Crippen molar-refractivity contribution in [3.05, 3.63) is 29.3 Å². The number of imide groups is 1. The normalized spacial score (nSPS) is 25.5. The fourth-order valence-corrected chi connectivity index (χ4v) is 4.83. The summed E-state index contributed by atoms with van der Waals surface area (Å²) in [5, 5.41) is 3.61. The Morgan fingerprint density at radius 2 is 2.15 bits per heavy atom. The van der Waals surface area contributed by atoms with Gasteiger partial charge in [0.2, 0.25) is 5.91 Å². The van der Waals surface area contributed by atoms with Crippen LogP contribution in [-0.2, 0) is 9.59 Å². The fourth-order valence-electron chi connectivity index (χ4n) is 3.71. The quantitative estimate of drug-likeness (QED) is 0.819. The Morgan fingerprint density at radius 1 is 1.37 bits per heavy atom. The average molecular weight is 386 g/mol. The van der Waals surface area contributed by atoms with Gasteiger partial charge in [-0.15, -0.1) is 11.3 Å². The number of thiazole rings is 1. The van der Waals surface area contributed by atoms with E-state index in [2.05, 4.69) is 5.32 Å². The van der Waals surface area contributed by atoms with E-state index in [9.17, 15) is 14.4 Å². The minimum absolute atomic E-state index is 0.0896. The third-order valence-corrected chi connectivity index (χ3v) is 6.65. The summed E-state index contributed by atoms with van der Waals surface area (Å²) in [6, 6.07) is 7.34. The van der Waals surface area contributed by atoms with Crippen LogP contribution in [0.5, 0.6) is 0 Å². The first-order chi connectivity index (χ1) is 12.9. The van der Waals surface area contributed by atoms with Crippen molar-refractivity contribution in [1.82, 2.24) is 20.1 Å². The number of para-hydroxylation sites is 1. The van der Waals surface area contributed by atoms with Gasteiger partial charge in [-0.1, -0.05) is 19.1 Å². The second-order valence-corrected chi connectivity index (χ2v) is 8.33. The smallest absolute Gasteiger partial charge is 0.325 e. The highest BCUT2D eigenvalue weighted by Crippen LogP contribution is 2.36. The first-order valence-electron chi connectivity index (χ1n) is 9.22. The molecule has 1 N–H and O–H groups in total. The summed E-state index contributed by atoms with van der Waals surface area (Å²) in [6.45, 7) is 3.93. The zero-order valence-electron chi connectivity index (χ0n) is 15.4. The molecule has 0 spiro atoms. The number of likely N-dealkylation sites (tertiary alicyclic amines) is 1. The number of hydrogen-bond acceptors (Lipinski definition) is 5. The highest BCUT2D eigenvalue weighted by molar-refractivity contribution is 7.18. The molecule has 2 atom stereocenters. The molecule has 0 saturated carbocycles. The molecule has 2 aliphatic rings. The minimum atomic E-state index is -0.922. The number of carbonyl (C=O) groups excluding carboxylic acids is 3. The number of urea groups is 1. The first kappa shape index (κ1) is 17.9. The molecular weight excluding hydrogens is 364 g/mol. The highest BCUT2D eigenvalue weighted by Gasteiger charge is 2.47. The molecule has 4 rings (SSSR count). The Kier molecular flexibility index (Phi) is 4.38.